The van der Waals surface area contributed by atoms with E-state index in [9.17, 15) is 14.7 Å². The van der Waals surface area contributed by atoms with Crippen LogP contribution in [0.25, 0.3) is 22.3 Å². The predicted molar refractivity (Wildman–Crippen MR) is 127 cm³/mol. The van der Waals surface area contributed by atoms with E-state index < -0.39 is 5.97 Å². The Hall–Kier alpha value is -3.25. The van der Waals surface area contributed by atoms with Gasteiger partial charge in [-0.2, -0.15) is 0 Å². The zero-order valence-corrected chi connectivity index (χ0v) is 19.3. The Morgan fingerprint density at radius 2 is 1.91 bits per heavy atom. The molecule has 0 radical (unpaired) electrons. The third-order valence-corrected chi connectivity index (χ3v) is 6.50. The third kappa shape index (κ3) is 3.65. The molecule has 7 heteroatoms. The van der Waals surface area contributed by atoms with Crippen molar-refractivity contribution in [2.24, 2.45) is 7.05 Å². The Morgan fingerprint density at radius 1 is 1.16 bits per heavy atom. The number of carbonyl (C=O) groups is 1. The molecule has 1 aliphatic rings. The van der Waals surface area contributed by atoms with Crippen molar-refractivity contribution < 1.29 is 14.6 Å². The number of ether oxygens (including phenoxy) is 1. The fourth-order valence-electron chi connectivity index (χ4n) is 4.28. The van der Waals surface area contributed by atoms with Gasteiger partial charge in [-0.3, -0.25) is 9.59 Å². The number of aliphatic carboxylic acids is 1. The van der Waals surface area contributed by atoms with E-state index in [1.165, 1.54) is 4.57 Å². The van der Waals surface area contributed by atoms with Crippen LogP contribution in [-0.4, -0.2) is 28.8 Å². The maximum atomic E-state index is 13.4. The maximum absolute atomic E-state index is 13.4. The quantitative estimate of drug-likeness (QED) is 0.598. The Balaban J connectivity index is 2.07. The van der Waals surface area contributed by atoms with Gasteiger partial charge in [0.2, 0.25) is 0 Å². The molecule has 1 aliphatic heterocycles. The van der Waals surface area contributed by atoms with Gasteiger partial charge < -0.3 is 19.7 Å². The molecule has 0 bridgehead atoms. The minimum Gasteiger partial charge on any atom is -0.490 e. The standard InChI is InChI=1S/C25H25ClN2O4/c1-13-5-6-16(11-14(13)2)21-15(3)22(18(12-20(29)30)28(4)25(21)31)17-7-8-19-24(23(17)26)27-9-10-32-19/h5-8,11,27H,9-10,12H2,1-4H3,(H,29,30). The number of pyridine rings is 1. The van der Waals surface area contributed by atoms with Crippen LogP contribution in [0, 0.1) is 20.8 Å². The SMILES string of the molecule is Cc1ccc(-c2c(C)c(-c3ccc4c(c3Cl)NCCO4)c(CC(=O)O)n(C)c2=O)cc1C. The summed E-state index contributed by atoms with van der Waals surface area (Å²) in [7, 11) is 1.61. The van der Waals surface area contributed by atoms with E-state index in [1.54, 1.807) is 7.05 Å². The van der Waals surface area contributed by atoms with Crippen LogP contribution in [0.5, 0.6) is 5.75 Å². The first kappa shape index (κ1) is 22.0. The molecule has 32 heavy (non-hydrogen) atoms. The summed E-state index contributed by atoms with van der Waals surface area (Å²) in [6.07, 6.45) is -0.299. The molecule has 3 aromatic rings. The number of carboxylic acid groups (broad SMARTS) is 1. The molecule has 0 amide bonds. The Bertz CT molecular complexity index is 1310. The van der Waals surface area contributed by atoms with Crippen LogP contribution in [0.3, 0.4) is 0 Å². The zero-order valence-electron chi connectivity index (χ0n) is 18.5. The van der Waals surface area contributed by atoms with E-state index >= 15 is 0 Å². The highest BCUT2D eigenvalue weighted by atomic mass is 35.5. The molecule has 1 aromatic heterocycles. The summed E-state index contributed by atoms with van der Waals surface area (Å²) in [5, 5.41) is 13.3. The fourth-order valence-corrected chi connectivity index (χ4v) is 4.60. The van der Waals surface area contributed by atoms with Crippen LogP contribution in [0.15, 0.2) is 35.1 Å². The number of nitrogens with one attached hydrogen (secondary N) is 1. The van der Waals surface area contributed by atoms with E-state index in [0.717, 1.165) is 16.7 Å². The lowest BCUT2D eigenvalue weighted by Gasteiger charge is -2.24. The third-order valence-electron chi connectivity index (χ3n) is 6.11. The van der Waals surface area contributed by atoms with Gasteiger partial charge in [-0.25, -0.2) is 0 Å². The molecule has 2 aromatic carbocycles. The minimum atomic E-state index is -1.02. The van der Waals surface area contributed by atoms with Gasteiger partial charge in [-0.05, 0) is 55.2 Å². The normalized spacial score (nSPS) is 12.7. The lowest BCUT2D eigenvalue weighted by atomic mass is 9.90. The molecular weight excluding hydrogens is 428 g/mol. The molecular formula is C25H25ClN2O4. The summed E-state index contributed by atoms with van der Waals surface area (Å²) >= 11 is 6.80. The summed E-state index contributed by atoms with van der Waals surface area (Å²) in [5.74, 6) is -0.364. The van der Waals surface area contributed by atoms with Gasteiger partial charge in [-0.15, -0.1) is 0 Å². The van der Waals surface area contributed by atoms with Crippen LogP contribution < -0.4 is 15.6 Å². The number of anilines is 1. The number of fused-ring (bicyclic) bond motifs is 1. The summed E-state index contributed by atoms with van der Waals surface area (Å²) in [5.41, 5.74) is 6.42. The van der Waals surface area contributed by atoms with Gasteiger partial charge in [0.05, 0.1) is 22.7 Å². The summed E-state index contributed by atoms with van der Waals surface area (Å²) in [6.45, 7) is 7.05. The average Bonchev–Trinajstić information content (AvgIpc) is 2.76. The van der Waals surface area contributed by atoms with Crippen molar-refractivity contribution in [3.05, 3.63) is 68.1 Å². The number of aryl methyl sites for hydroxylation is 2. The molecule has 0 spiro atoms. The van der Waals surface area contributed by atoms with Crippen LogP contribution >= 0.6 is 11.6 Å². The highest BCUT2D eigenvalue weighted by molar-refractivity contribution is 6.36. The molecule has 0 saturated carbocycles. The Labute approximate surface area is 191 Å². The first-order valence-electron chi connectivity index (χ1n) is 10.4. The molecule has 0 atom stereocenters. The number of rotatable bonds is 4. The monoisotopic (exact) mass is 452 g/mol. The molecule has 4 rings (SSSR count). The summed E-state index contributed by atoms with van der Waals surface area (Å²) < 4.78 is 7.12. The molecule has 0 unspecified atom stereocenters. The average molecular weight is 453 g/mol. The molecule has 166 valence electrons. The summed E-state index contributed by atoms with van der Waals surface area (Å²) in [4.78, 5) is 25.1. The van der Waals surface area contributed by atoms with Crippen LogP contribution in [0.4, 0.5) is 5.69 Å². The van der Waals surface area contributed by atoms with Crippen LogP contribution in [-0.2, 0) is 18.3 Å². The minimum absolute atomic E-state index is 0.235. The van der Waals surface area contributed by atoms with Gasteiger partial charge in [0.1, 0.15) is 12.4 Å². The van der Waals surface area contributed by atoms with Crippen molar-refractivity contribution in [3.8, 4) is 28.0 Å². The zero-order chi connectivity index (χ0) is 23.2. The highest BCUT2D eigenvalue weighted by Gasteiger charge is 2.25. The molecule has 0 fully saturated rings. The number of hydrogen-bond acceptors (Lipinski definition) is 4. The second-order valence-electron chi connectivity index (χ2n) is 8.13. The van der Waals surface area contributed by atoms with Gasteiger partial charge in [0, 0.05) is 30.4 Å². The second-order valence-corrected chi connectivity index (χ2v) is 8.51. The smallest absolute Gasteiger partial charge is 0.309 e. The molecule has 0 saturated heterocycles. The van der Waals surface area contributed by atoms with Gasteiger partial charge in [-0.1, -0.05) is 29.8 Å². The van der Waals surface area contributed by atoms with Crippen molar-refractivity contribution in [2.45, 2.75) is 27.2 Å². The first-order chi connectivity index (χ1) is 15.2. The van der Waals surface area contributed by atoms with Gasteiger partial charge in [0.25, 0.3) is 5.56 Å². The van der Waals surface area contributed by atoms with Crippen molar-refractivity contribution in [2.75, 3.05) is 18.5 Å². The number of carboxylic acids is 1. The number of benzene rings is 2. The second kappa shape index (κ2) is 8.36. The number of nitrogens with zero attached hydrogens (tertiary/aromatic N) is 1. The van der Waals surface area contributed by atoms with Gasteiger partial charge >= 0.3 is 5.97 Å². The topological polar surface area (TPSA) is 80.6 Å². The van der Waals surface area contributed by atoms with E-state index in [4.69, 9.17) is 16.3 Å². The van der Waals surface area contributed by atoms with Crippen molar-refractivity contribution in [1.82, 2.24) is 4.57 Å². The fraction of sp³-hybridized carbons (Fsp3) is 0.280. The van der Waals surface area contributed by atoms with Gasteiger partial charge in [0.15, 0.2) is 0 Å². The van der Waals surface area contributed by atoms with E-state index in [1.807, 2.05) is 51.1 Å². The Morgan fingerprint density at radius 3 is 2.59 bits per heavy atom. The van der Waals surface area contributed by atoms with Crippen LogP contribution in [0.2, 0.25) is 5.02 Å². The molecule has 0 aliphatic carbocycles. The first-order valence-corrected chi connectivity index (χ1v) is 10.8. The number of aromatic nitrogens is 1. The number of hydrogen-bond donors (Lipinski definition) is 2. The van der Waals surface area contributed by atoms with E-state index in [-0.39, 0.29) is 12.0 Å². The lowest BCUT2D eigenvalue weighted by molar-refractivity contribution is -0.136. The highest BCUT2D eigenvalue weighted by Crippen LogP contribution is 2.44. The predicted octanol–water partition coefficient (Wildman–Crippen LogP) is 4.73. The number of halogens is 1. The lowest BCUT2D eigenvalue weighted by Crippen LogP contribution is -2.26. The summed E-state index contributed by atoms with van der Waals surface area (Å²) in [6, 6.07) is 9.56. The van der Waals surface area contributed by atoms with Crippen molar-refractivity contribution in [1.29, 1.82) is 0 Å². The van der Waals surface area contributed by atoms with Crippen molar-refractivity contribution >= 4 is 23.3 Å². The molecule has 6 nitrogen and oxygen atoms in total. The largest absolute Gasteiger partial charge is 0.490 e. The van der Waals surface area contributed by atoms with Crippen molar-refractivity contribution in [3.63, 3.8) is 0 Å². The maximum Gasteiger partial charge on any atom is 0.309 e. The van der Waals surface area contributed by atoms with E-state index in [0.29, 0.717) is 57.6 Å². The van der Waals surface area contributed by atoms with E-state index in [2.05, 4.69) is 5.32 Å². The Kier molecular flexibility index (Phi) is 5.73. The molecule has 2 heterocycles. The molecule has 2 N–H and O–H groups in total. The van der Waals surface area contributed by atoms with Crippen LogP contribution in [0.1, 0.15) is 22.4 Å².